The second-order valence-corrected chi connectivity index (χ2v) is 6.40. The largest absolute Gasteiger partial charge is 0.356 e. The molecule has 3 rings (SSSR count). The van der Waals surface area contributed by atoms with Crippen LogP contribution in [-0.2, 0) is 6.42 Å². The molecule has 7 nitrogen and oxygen atoms in total. The van der Waals surface area contributed by atoms with Crippen LogP contribution in [0.5, 0.6) is 0 Å². The number of aromatic nitrogens is 2. The topological polar surface area (TPSA) is 78.6 Å². The van der Waals surface area contributed by atoms with E-state index >= 15 is 0 Å². The molecule has 7 heteroatoms. The molecule has 1 saturated carbocycles. The normalized spacial score (nSPS) is 26.4. The number of nitrogens with one attached hydrogen (secondary N) is 2. The summed E-state index contributed by atoms with van der Waals surface area (Å²) < 4.78 is 5.11. The maximum absolute atomic E-state index is 5.11. The van der Waals surface area contributed by atoms with Gasteiger partial charge in [0.15, 0.2) is 11.8 Å². The molecule has 2 N–H and O–H groups in total. The van der Waals surface area contributed by atoms with Gasteiger partial charge in [-0.25, -0.2) is 0 Å². The number of aryl methyl sites for hydroxylation is 1. The van der Waals surface area contributed by atoms with Gasteiger partial charge in [-0.3, -0.25) is 9.89 Å². The first-order valence-corrected chi connectivity index (χ1v) is 8.16. The van der Waals surface area contributed by atoms with Crippen molar-refractivity contribution in [3.63, 3.8) is 0 Å². The Bertz CT molecular complexity index is 524. The van der Waals surface area contributed by atoms with Crippen molar-refractivity contribution in [3.05, 3.63) is 11.7 Å². The highest BCUT2D eigenvalue weighted by atomic mass is 16.5. The standard InChI is InChI=1S/C15H26N6O/c1-10-8-21(12-4-5-12)9-13(10)19-15(16-3)17-7-6-14-18-11(2)20-22-14/h10,12-13H,4-9H2,1-3H3,(H2,16,17,19). The molecule has 2 heterocycles. The van der Waals surface area contributed by atoms with Crippen LogP contribution in [0.25, 0.3) is 0 Å². The fraction of sp³-hybridized carbons (Fsp3) is 0.800. The molecule has 2 atom stereocenters. The van der Waals surface area contributed by atoms with Crippen molar-refractivity contribution in [1.29, 1.82) is 0 Å². The molecule has 122 valence electrons. The lowest BCUT2D eigenvalue weighted by Crippen LogP contribution is -2.47. The van der Waals surface area contributed by atoms with Gasteiger partial charge in [0.05, 0.1) is 0 Å². The zero-order valence-corrected chi connectivity index (χ0v) is 13.7. The Balaban J connectivity index is 1.43. The van der Waals surface area contributed by atoms with Crippen LogP contribution in [0.1, 0.15) is 31.5 Å². The summed E-state index contributed by atoms with van der Waals surface area (Å²) in [7, 11) is 1.81. The monoisotopic (exact) mass is 306 g/mol. The Morgan fingerprint density at radius 2 is 2.23 bits per heavy atom. The van der Waals surface area contributed by atoms with Crippen LogP contribution < -0.4 is 10.6 Å². The van der Waals surface area contributed by atoms with Crippen LogP contribution in [0.2, 0.25) is 0 Å². The molecule has 0 spiro atoms. The maximum atomic E-state index is 5.11. The summed E-state index contributed by atoms with van der Waals surface area (Å²) in [4.78, 5) is 11.1. The van der Waals surface area contributed by atoms with Crippen molar-refractivity contribution in [2.45, 2.75) is 45.2 Å². The van der Waals surface area contributed by atoms with Crippen LogP contribution in [0, 0.1) is 12.8 Å². The van der Waals surface area contributed by atoms with Crippen LogP contribution in [0.4, 0.5) is 0 Å². The van der Waals surface area contributed by atoms with E-state index in [1.165, 1.54) is 19.4 Å². The van der Waals surface area contributed by atoms with Crippen LogP contribution in [0.3, 0.4) is 0 Å². The Morgan fingerprint density at radius 1 is 1.41 bits per heavy atom. The predicted octanol–water partition coefficient (Wildman–Crippen LogP) is 0.568. The average molecular weight is 306 g/mol. The van der Waals surface area contributed by atoms with Crippen molar-refractivity contribution in [2.24, 2.45) is 10.9 Å². The smallest absolute Gasteiger partial charge is 0.228 e. The minimum Gasteiger partial charge on any atom is -0.356 e. The molecule has 2 fully saturated rings. The molecule has 2 aliphatic rings. The van der Waals surface area contributed by atoms with Crippen molar-refractivity contribution >= 4 is 5.96 Å². The molecule has 0 aromatic carbocycles. The summed E-state index contributed by atoms with van der Waals surface area (Å²) >= 11 is 0. The molecule has 2 unspecified atom stereocenters. The van der Waals surface area contributed by atoms with E-state index in [4.69, 9.17) is 4.52 Å². The highest BCUT2D eigenvalue weighted by molar-refractivity contribution is 5.80. The van der Waals surface area contributed by atoms with E-state index in [0.29, 0.717) is 30.1 Å². The lowest BCUT2D eigenvalue weighted by atomic mass is 10.1. The van der Waals surface area contributed by atoms with E-state index in [1.54, 1.807) is 0 Å². The van der Waals surface area contributed by atoms with Gasteiger partial charge >= 0.3 is 0 Å². The van der Waals surface area contributed by atoms with Crippen molar-refractivity contribution < 1.29 is 4.52 Å². The molecule has 1 aromatic heterocycles. The quantitative estimate of drug-likeness (QED) is 0.611. The number of hydrogen-bond acceptors (Lipinski definition) is 5. The fourth-order valence-corrected chi connectivity index (χ4v) is 3.03. The number of guanidine groups is 1. The van der Waals surface area contributed by atoms with E-state index in [0.717, 1.165) is 25.1 Å². The van der Waals surface area contributed by atoms with Gasteiger partial charge in [-0.05, 0) is 25.7 Å². The van der Waals surface area contributed by atoms with Gasteiger partial charge in [0, 0.05) is 45.2 Å². The fourth-order valence-electron chi connectivity index (χ4n) is 3.03. The van der Waals surface area contributed by atoms with Crippen molar-refractivity contribution in [1.82, 2.24) is 25.7 Å². The summed E-state index contributed by atoms with van der Waals surface area (Å²) in [6, 6.07) is 1.31. The lowest BCUT2D eigenvalue weighted by molar-refractivity contribution is 0.315. The van der Waals surface area contributed by atoms with Crippen molar-refractivity contribution in [3.8, 4) is 0 Å². The highest BCUT2D eigenvalue weighted by Gasteiger charge is 2.38. The molecule has 1 aliphatic carbocycles. The van der Waals surface area contributed by atoms with Gasteiger partial charge in [-0.2, -0.15) is 4.98 Å². The van der Waals surface area contributed by atoms with E-state index in [1.807, 2.05) is 14.0 Å². The Hall–Kier alpha value is -1.63. The molecule has 1 aromatic rings. The Kier molecular flexibility index (Phi) is 4.61. The molecule has 0 bridgehead atoms. The highest BCUT2D eigenvalue weighted by Crippen LogP contribution is 2.31. The van der Waals surface area contributed by atoms with E-state index in [-0.39, 0.29) is 0 Å². The zero-order chi connectivity index (χ0) is 15.5. The zero-order valence-electron chi connectivity index (χ0n) is 13.7. The van der Waals surface area contributed by atoms with Gasteiger partial charge in [-0.1, -0.05) is 12.1 Å². The van der Waals surface area contributed by atoms with Crippen molar-refractivity contribution in [2.75, 3.05) is 26.7 Å². The summed E-state index contributed by atoms with van der Waals surface area (Å²) in [5.41, 5.74) is 0. The summed E-state index contributed by atoms with van der Waals surface area (Å²) in [5.74, 6) is 2.84. The van der Waals surface area contributed by atoms with Gasteiger partial charge in [0.2, 0.25) is 5.89 Å². The number of likely N-dealkylation sites (tertiary alicyclic amines) is 1. The molecule has 1 saturated heterocycles. The molecule has 22 heavy (non-hydrogen) atoms. The first kappa shape index (κ1) is 15.3. The van der Waals surface area contributed by atoms with Gasteiger partial charge in [0.1, 0.15) is 0 Å². The van der Waals surface area contributed by atoms with Crippen LogP contribution in [0.15, 0.2) is 9.52 Å². The third-order valence-electron chi connectivity index (χ3n) is 4.45. The molecule has 1 aliphatic heterocycles. The minimum atomic E-state index is 0.470. The summed E-state index contributed by atoms with van der Waals surface area (Å²) in [6.07, 6.45) is 3.45. The SMILES string of the molecule is CN=C(NCCc1nc(C)no1)NC1CN(C2CC2)CC1C. The number of nitrogens with zero attached hydrogens (tertiary/aromatic N) is 4. The number of rotatable bonds is 5. The molecule has 0 radical (unpaired) electrons. The van der Waals surface area contributed by atoms with Gasteiger partial charge < -0.3 is 15.2 Å². The average Bonchev–Trinajstić information content (AvgIpc) is 3.18. The third kappa shape index (κ3) is 3.76. The van der Waals surface area contributed by atoms with E-state index < -0.39 is 0 Å². The van der Waals surface area contributed by atoms with Gasteiger partial charge in [0.25, 0.3) is 0 Å². The lowest BCUT2D eigenvalue weighted by Gasteiger charge is -2.20. The van der Waals surface area contributed by atoms with E-state index in [2.05, 4.69) is 37.6 Å². The third-order valence-corrected chi connectivity index (χ3v) is 4.45. The summed E-state index contributed by atoms with van der Waals surface area (Å²) in [6.45, 7) is 7.19. The van der Waals surface area contributed by atoms with Crippen LogP contribution >= 0.6 is 0 Å². The number of hydrogen-bond donors (Lipinski definition) is 2. The molecular weight excluding hydrogens is 280 g/mol. The first-order chi connectivity index (χ1) is 10.7. The molecular formula is C15H26N6O. The second kappa shape index (κ2) is 6.64. The number of aliphatic imine (C=N–C) groups is 1. The van der Waals surface area contributed by atoms with Gasteiger partial charge in [-0.15, -0.1) is 0 Å². The first-order valence-electron chi connectivity index (χ1n) is 8.16. The maximum Gasteiger partial charge on any atom is 0.228 e. The van der Waals surface area contributed by atoms with E-state index in [9.17, 15) is 0 Å². The minimum absolute atomic E-state index is 0.470. The van der Waals surface area contributed by atoms with Crippen LogP contribution in [-0.4, -0.2) is 59.8 Å². The predicted molar refractivity (Wildman–Crippen MR) is 84.8 cm³/mol. The second-order valence-electron chi connectivity index (χ2n) is 6.40. The Labute approximate surface area is 131 Å². The molecule has 0 amide bonds. The summed E-state index contributed by atoms with van der Waals surface area (Å²) in [5, 5.41) is 10.7. The Morgan fingerprint density at radius 3 is 2.86 bits per heavy atom.